The zero-order chi connectivity index (χ0) is 27.7. The van der Waals surface area contributed by atoms with E-state index in [1.807, 2.05) is 25.1 Å². The maximum Gasteiger partial charge on any atom is 0.573 e. The first kappa shape index (κ1) is 28.6. The molecule has 38 heavy (non-hydrogen) atoms. The first-order valence-electron chi connectivity index (χ1n) is 11.4. The van der Waals surface area contributed by atoms with Gasteiger partial charge in [0.2, 0.25) is 0 Å². The molecule has 1 aromatic heterocycles. The van der Waals surface area contributed by atoms with Crippen molar-refractivity contribution in [1.29, 1.82) is 0 Å². The molecule has 0 atom stereocenters. The molecule has 2 amide bonds. The summed E-state index contributed by atoms with van der Waals surface area (Å²) in [6, 6.07) is 10.3. The third-order valence-corrected chi connectivity index (χ3v) is 6.12. The van der Waals surface area contributed by atoms with Gasteiger partial charge in [0.1, 0.15) is 22.2 Å². The highest BCUT2D eigenvalue weighted by Gasteiger charge is 2.31. The van der Waals surface area contributed by atoms with E-state index in [9.17, 15) is 22.8 Å². The van der Waals surface area contributed by atoms with Crippen molar-refractivity contribution in [2.24, 2.45) is 5.73 Å². The summed E-state index contributed by atoms with van der Waals surface area (Å²) in [6.07, 6.45) is -3.70. The molecule has 3 aromatic rings. The van der Waals surface area contributed by atoms with E-state index in [4.69, 9.17) is 19.9 Å². The number of amides is 2. The molecule has 0 aliphatic heterocycles. The Balaban J connectivity index is 1.54. The molecule has 2 aromatic carbocycles. The summed E-state index contributed by atoms with van der Waals surface area (Å²) in [5.74, 6) is -0.113. The second kappa shape index (κ2) is 13.0. The summed E-state index contributed by atoms with van der Waals surface area (Å²) in [6.45, 7) is 2.04. The van der Waals surface area contributed by atoms with Gasteiger partial charge in [-0.2, -0.15) is 0 Å². The quantitative estimate of drug-likeness (QED) is 0.328. The Bertz CT molecular complexity index is 1250. The molecule has 0 saturated heterocycles. The topological polar surface area (TPSA) is 122 Å². The number of hydrogen-bond acceptors (Lipinski definition) is 8. The molecule has 13 heteroatoms. The van der Waals surface area contributed by atoms with Crippen LogP contribution in [0.4, 0.5) is 13.2 Å². The van der Waals surface area contributed by atoms with E-state index in [2.05, 4.69) is 15.0 Å². The second-order valence-corrected chi connectivity index (χ2v) is 8.91. The van der Waals surface area contributed by atoms with Crippen LogP contribution in [0.3, 0.4) is 0 Å². The lowest BCUT2D eigenvalue weighted by molar-refractivity contribution is -0.274. The van der Waals surface area contributed by atoms with E-state index >= 15 is 0 Å². The number of carbonyl (C=O) groups excluding carboxylic acids is 2. The molecule has 0 spiro atoms. The number of nitrogens with zero attached hydrogens (tertiary/aromatic N) is 1. The largest absolute Gasteiger partial charge is 0.573 e. The van der Waals surface area contributed by atoms with Crippen LogP contribution < -0.4 is 30.0 Å². The zero-order valence-electron chi connectivity index (χ0n) is 20.6. The summed E-state index contributed by atoms with van der Waals surface area (Å²) in [7, 11) is 1.56. The van der Waals surface area contributed by atoms with Gasteiger partial charge in [-0.15, -0.1) is 24.5 Å². The SMILES string of the molecule is CCOc1cc(CCc2sc(CNC(=O)COc3ccc(OC(F)(F)F)cc3)nc2C(N)=O)ccc1OC. The van der Waals surface area contributed by atoms with Crippen LogP contribution >= 0.6 is 11.3 Å². The first-order valence-corrected chi connectivity index (χ1v) is 12.2. The van der Waals surface area contributed by atoms with Crippen molar-refractivity contribution >= 4 is 23.2 Å². The van der Waals surface area contributed by atoms with Crippen LogP contribution in [-0.4, -0.2) is 43.5 Å². The van der Waals surface area contributed by atoms with Crippen molar-refractivity contribution in [3.8, 4) is 23.0 Å². The number of methoxy groups -OCH3 is 1. The van der Waals surface area contributed by atoms with Crippen molar-refractivity contribution in [2.45, 2.75) is 32.7 Å². The van der Waals surface area contributed by atoms with Gasteiger partial charge in [-0.05, 0) is 61.7 Å². The van der Waals surface area contributed by atoms with Crippen LogP contribution in [0.2, 0.25) is 0 Å². The molecule has 0 aliphatic rings. The number of aromatic nitrogens is 1. The van der Waals surface area contributed by atoms with E-state index in [0.29, 0.717) is 40.8 Å². The summed E-state index contributed by atoms with van der Waals surface area (Å²) in [5, 5.41) is 3.11. The standard InChI is InChI=1S/C25H26F3N3O6S/c1-3-35-19-12-15(4-10-18(19)34-2)5-11-20-23(24(29)33)31-22(38-20)13-30-21(32)14-36-16-6-8-17(9-7-16)37-25(26,27)28/h4,6-10,12H,3,5,11,13-14H2,1-2H3,(H2,29,33)(H,30,32). The smallest absolute Gasteiger partial charge is 0.493 e. The number of rotatable bonds is 13. The number of nitrogens with two attached hydrogens (primary N) is 1. The number of thiazole rings is 1. The number of aryl methyl sites for hydroxylation is 2. The maximum atomic E-state index is 12.2. The molecule has 0 unspecified atom stereocenters. The molecular formula is C25H26F3N3O6S. The number of ether oxygens (including phenoxy) is 4. The van der Waals surface area contributed by atoms with Gasteiger partial charge in [0.25, 0.3) is 11.8 Å². The lowest BCUT2D eigenvalue weighted by Crippen LogP contribution is -2.28. The first-order chi connectivity index (χ1) is 18.1. The Morgan fingerprint density at radius 3 is 2.37 bits per heavy atom. The van der Waals surface area contributed by atoms with Gasteiger partial charge in [0.05, 0.1) is 20.3 Å². The molecule has 3 rings (SSSR count). The highest BCUT2D eigenvalue weighted by atomic mass is 32.1. The number of primary amides is 1. The number of halogens is 3. The fraction of sp³-hybridized carbons (Fsp3) is 0.320. The summed E-state index contributed by atoms with van der Waals surface area (Å²) in [5.41, 5.74) is 6.62. The third kappa shape index (κ3) is 8.54. The van der Waals surface area contributed by atoms with Crippen molar-refractivity contribution in [2.75, 3.05) is 20.3 Å². The van der Waals surface area contributed by atoms with E-state index in [1.54, 1.807) is 7.11 Å². The van der Waals surface area contributed by atoms with Gasteiger partial charge in [-0.1, -0.05) is 6.07 Å². The predicted molar refractivity (Wildman–Crippen MR) is 133 cm³/mol. The van der Waals surface area contributed by atoms with Crippen LogP contribution in [0.15, 0.2) is 42.5 Å². The minimum absolute atomic E-state index is 0.0442. The van der Waals surface area contributed by atoms with Crippen molar-refractivity contribution in [3.63, 3.8) is 0 Å². The Morgan fingerprint density at radius 2 is 1.74 bits per heavy atom. The average molecular weight is 554 g/mol. The molecule has 3 N–H and O–H groups in total. The molecular weight excluding hydrogens is 527 g/mol. The van der Waals surface area contributed by atoms with Gasteiger partial charge in [-0.25, -0.2) is 4.98 Å². The fourth-order valence-corrected chi connectivity index (χ4v) is 4.37. The van der Waals surface area contributed by atoms with Gasteiger partial charge in [-0.3, -0.25) is 9.59 Å². The van der Waals surface area contributed by atoms with E-state index in [-0.39, 0.29) is 24.6 Å². The Morgan fingerprint density at radius 1 is 1.03 bits per heavy atom. The average Bonchev–Trinajstić information content (AvgIpc) is 3.29. The number of alkyl halides is 3. The van der Waals surface area contributed by atoms with Gasteiger partial charge in [0, 0.05) is 4.88 Å². The van der Waals surface area contributed by atoms with Crippen LogP contribution in [-0.2, 0) is 24.2 Å². The number of benzene rings is 2. The van der Waals surface area contributed by atoms with Gasteiger partial charge < -0.3 is 30.0 Å². The Hall–Kier alpha value is -4.00. The molecule has 9 nitrogen and oxygen atoms in total. The van der Waals surface area contributed by atoms with Crippen LogP contribution in [0, 0.1) is 0 Å². The molecule has 0 bridgehead atoms. The molecule has 0 saturated carbocycles. The minimum atomic E-state index is -4.80. The normalized spacial score (nSPS) is 11.1. The predicted octanol–water partition coefficient (Wildman–Crippen LogP) is 4.03. The molecule has 0 fully saturated rings. The number of carbonyl (C=O) groups is 2. The Kier molecular flexibility index (Phi) is 9.77. The van der Waals surface area contributed by atoms with Crippen molar-refractivity contribution in [1.82, 2.24) is 10.3 Å². The zero-order valence-corrected chi connectivity index (χ0v) is 21.4. The second-order valence-electron chi connectivity index (χ2n) is 7.75. The van der Waals surface area contributed by atoms with Crippen molar-refractivity contribution in [3.05, 3.63) is 63.6 Å². The lowest BCUT2D eigenvalue weighted by atomic mass is 10.1. The maximum absolute atomic E-state index is 12.2. The molecule has 204 valence electrons. The summed E-state index contributed by atoms with van der Waals surface area (Å²) >= 11 is 1.26. The van der Waals surface area contributed by atoms with Gasteiger partial charge >= 0.3 is 6.36 Å². The highest BCUT2D eigenvalue weighted by Crippen LogP contribution is 2.29. The van der Waals surface area contributed by atoms with E-state index in [1.165, 1.54) is 23.5 Å². The lowest BCUT2D eigenvalue weighted by Gasteiger charge is -2.11. The van der Waals surface area contributed by atoms with E-state index < -0.39 is 23.9 Å². The third-order valence-electron chi connectivity index (χ3n) is 5.01. The fourth-order valence-electron chi connectivity index (χ4n) is 3.35. The number of nitrogens with one attached hydrogen (secondary N) is 1. The van der Waals surface area contributed by atoms with Gasteiger partial charge in [0.15, 0.2) is 18.1 Å². The Labute approximate surface area is 220 Å². The van der Waals surface area contributed by atoms with Crippen LogP contribution in [0.5, 0.6) is 23.0 Å². The summed E-state index contributed by atoms with van der Waals surface area (Å²) in [4.78, 5) is 29.0. The van der Waals surface area contributed by atoms with E-state index in [0.717, 1.165) is 17.7 Å². The van der Waals surface area contributed by atoms with Crippen LogP contribution in [0.25, 0.3) is 0 Å². The summed E-state index contributed by atoms with van der Waals surface area (Å²) < 4.78 is 56.7. The monoisotopic (exact) mass is 553 g/mol. The molecule has 1 heterocycles. The molecule has 0 aliphatic carbocycles. The highest BCUT2D eigenvalue weighted by molar-refractivity contribution is 7.11. The minimum Gasteiger partial charge on any atom is -0.493 e. The number of hydrogen-bond donors (Lipinski definition) is 2. The molecule has 0 radical (unpaired) electrons. The van der Waals surface area contributed by atoms with Crippen LogP contribution in [0.1, 0.15) is 32.9 Å². The van der Waals surface area contributed by atoms with Crippen molar-refractivity contribution < 1.29 is 41.7 Å².